The maximum atomic E-state index is 12.6. The van der Waals surface area contributed by atoms with E-state index in [1.165, 1.54) is 10.4 Å². The lowest BCUT2D eigenvalue weighted by Gasteiger charge is -2.14. The maximum absolute atomic E-state index is 12.6. The Morgan fingerprint density at radius 2 is 2.00 bits per heavy atom. The van der Waals surface area contributed by atoms with Gasteiger partial charge in [-0.15, -0.1) is 23.1 Å². The van der Waals surface area contributed by atoms with E-state index in [1.807, 2.05) is 49.4 Å². The first-order valence-electron chi connectivity index (χ1n) is 7.49. The van der Waals surface area contributed by atoms with Crippen LogP contribution in [-0.4, -0.2) is 5.78 Å². The van der Waals surface area contributed by atoms with Crippen LogP contribution in [0, 0.1) is 6.92 Å². The first-order valence-corrected chi connectivity index (χ1v) is 9.42. The van der Waals surface area contributed by atoms with Gasteiger partial charge >= 0.3 is 0 Å². The van der Waals surface area contributed by atoms with Gasteiger partial charge < -0.3 is 4.42 Å². The van der Waals surface area contributed by atoms with Crippen LogP contribution >= 0.6 is 23.1 Å². The van der Waals surface area contributed by atoms with Crippen LogP contribution < -0.4 is 0 Å². The topological polar surface area (TPSA) is 30.2 Å². The molecule has 0 saturated heterocycles. The minimum absolute atomic E-state index is 0.161. The molecule has 0 amide bonds. The lowest BCUT2D eigenvalue weighted by Crippen LogP contribution is -2.05. The molecule has 0 fully saturated rings. The number of carbonyl (C=O) groups excluding carboxylic acids is 1. The number of benzene rings is 1. The number of Topliss-reactive ketones (excluding diaryl/α,β-unsaturated/α-hetero) is 1. The molecule has 0 radical (unpaired) electrons. The molecule has 3 rings (SSSR count). The van der Waals surface area contributed by atoms with Crippen molar-refractivity contribution in [2.45, 2.75) is 24.3 Å². The summed E-state index contributed by atoms with van der Waals surface area (Å²) in [6.45, 7) is 2.03. The predicted molar refractivity (Wildman–Crippen MR) is 97.2 cm³/mol. The van der Waals surface area contributed by atoms with Gasteiger partial charge in [-0.2, -0.15) is 0 Å². The largest absolute Gasteiger partial charge is 0.468 e. The van der Waals surface area contributed by atoms with E-state index in [1.54, 1.807) is 29.4 Å². The molecule has 0 aliphatic rings. The Hall–Kier alpha value is -1.78. The van der Waals surface area contributed by atoms with Crippen molar-refractivity contribution in [2.24, 2.45) is 0 Å². The van der Waals surface area contributed by atoms with Crippen LogP contribution in [-0.2, 0) is 5.75 Å². The fraction of sp³-hybridized carbons (Fsp3) is 0.211. The number of hydrogen-bond acceptors (Lipinski definition) is 4. The predicted octanol–water partition coefficient (Wildman–Crippen LogP) is 5.90. The molecule has 118 valence electrons. The number of carbonyl (C=O) groups is 1. The van der Waals surface area contributed by atoms with Crippen molar-refractivity contribution < 1.29 is 9.21 Å². The summed E-state index contributed by atoms with van der Waals surface area (Å²) in [5, 5.41) is 2.22. The summed E-state index contributed by atoms with van der Waals surface area (Å²) in [5.74, 6) is 1.91. The molecule has 1 aromatic carbocycles. The van der Waals surface area contributed by atoms with Gasteiger partial charge in [-0.3, -0.25) is 4.79 Å². The van der Waals surface area contributed by atoms with E-state index in [0.717, 1.165) is 17.1 Å². The van der Waals surface area contributed by atoms with E-state index in [9.17, 15) is 4.79 Å². The average molecular weight is 342 g/mol. The molecule has 1 unspecified atom stereocenters. The van der Waals surface area contributed by atoms with Crippen LogP contribution in [0.3, 0.4) is 0 Å². The molecular formula is C19H18O2S2. The van der Waals surface area contributed by atoms with Gasteiger partial charge in [0.1, 0.15) is 5.76 Å². The summed E-state index contributed by atoms with van der Waals surface area (Å²) in [5.41, 5.74) is 1.96. The van der Waals surface area contributed by atoms with Crippen molar-refractivity contribution in [3.8, 4) is 0 Å². The first-order chi connectivity index (χ1) is 11.2. The summed E-state index contributed by atoms with van der Waals surface area (Å²) in [6.07, 6.45) is 2.20. The second-order valence-corrected chi connectivity index (χ2v) is 7.56. The zero-order chi connectivity index (χ0) is 16.1. The van der Waals surface area contributed by atoms with Crippen molar-refractivity contribution in [1.29, 1.82) is 0 Å². The van der Waals surface area contributed by atoms with E-state index < -0.39 is 0 Å². The summed E-state index contributed by atoms with van der Waals surface area (Å²) >= 11 is 3.46. The number of thioether (sulfide) groups is 1. The van der Waals surface area contributed by atoms with Gasteiger partial charge in [0.05, 0.1) is 12.0 Å². The SMILES string of the molecule is Cc1ccc(C(=O)CC(SCc2ccco2)c2cccs2)cc1. The van der Waals surface area contributed by atoms with Crippen molar-refractivity contribution in [2.75, 3.05) is 0 Å². The Balaban J connectivity index is 1.70. The van der Waals surface area contributed by atoms with E-state index in [-0.39, 0.29) is 11.0 Å². The maximum Gasteiger partial charge on any atom is 0.164 e. The number of thiophene rings is 1. The zero-order valence-electron chi connectivity index (χ0n) is 12.9. The molecule has 0 spiro atoms. The fourth-order valence-electron chi connectivity index (χ4n) is 2.32. The fourth-order valence-corrected chi connectivity index (χ4v) is 4.44. The highest BCUT2D eigenvalue weighted by Gasteiger charge is 2.19. The van der Waals surface area contributed by atoms with Gasteiger partial charge in [-0.05, 0) is 30.5 Å². The van der Waals surface area contributed by atoms with Gasteiger partial charge in [0.15, 0.2) is 5.78 Å². The molecule has 3 aromatic rings. The summed E-state index contributed by atoms with van der Waals surface area (Å²) < 4.78 is 5.40. The standard InChI is InChI=1S/C19H18O2S2/c1-14-6-8-15(9-7-14)17(20)12-19(18-5-3-11-22-18)23-13-16-4-2-10-21-16/h2-11,19H,12-13H2,1H3. The smallest absolute Gasteiger partial charge is 0.164 e. The molecular weight excluding hydrogens is 324 g/mol. The monoisotopic (exact) mass is 342 g/mol. The van der Waals surface area contributed by atoms with Gasteiger partial charge in [0.2, 0.25) is 0 Å². The van der Waals surface area contributed by atoms with Gasteiger partial charge in [0, 0.05) is 22.1 Å². The second kappa shape index (κ2) is 7.66. The Morgan fingerprint density at radius 1 is 1.17 bits per heavy atom. The van der Waals surface area contributed by atoms with Gasteiger partial charge in [0.25, 0.3) is 0 Å². The number of ketones is 1. The van der Waals surface area contributed by atoms with Crippen molar-refractivity contribution >= 4 is 28.9 Å². The molecule has 1 atom stereocenters. The van der Waals surface area contributed by atoms with Crippen molar-refractivity contribution in [1.82, 2.24) is 0 Å². The molecule has 0 aliphatic heterocycles. The molecule has 0 N–H and O–H groups in total. The van der Waals surface area contributed by atoms with Crippen molar-refractivity contribution in [3.63, 3.8) is 0 Å². The highest BCUT2D eigenvalue weighted by atomic mass is 32.2. The normalized spacial score (nSPS) is 12.2. The Kier molecular flexibility index (Phi) is 5.36. The molecule has 0 bridgehead atoms. The van der Waals surface area contributed by atoms with Crippen LogP contribution in [0.1, 0.15) is 38.2 Å². The molecule has 2 nitrogen and oxygen atoms in total. The summed E-state index contributed by atoms with van der Waals surface area (Å²) in [7, 11) is 0. The van der Waals surface area contributed by atoms with E-state index >= 15 is 0 Å². The van der Waals surface area contributed by atoms with Crippen LogP contribution in [0.5, 0.6) is 0 Å². The third kappa shape index (κ3) is 4.36. The minimum atomic E-state index is 0.161. The lowest BCUT2D eigenvalue weighted by atomic mass is 10.0. The van der Waals surface area contributed by atoms with Gasteiger partial charge in [-0.1, -0.05) is 35.9 Å². The molecule has 0 aliphatic carbocycles. The highest BCUT2D eigenvalue weighted by molar-refractivity contribution is 7.98. The van der Waals surface area contributed by atoms with Crippen LogP contribution in [0.25, 0.3) is 0 Å². The molecule has 0 saturated carbocycles. The number of aryl methyl sites for hydroxylation is 1. The van der Waals surface area contributed by atoms with E-state index in [4.69, 9.17) is 4.42 Å². The third-order valence-corrected chi connectivity index (χ3v) is 6.02. The molecule has 2 aromatic heterocycles. The van der Waals surface area contributed by atoms with Crippen LogP contribution in [0.4, 0.5) is 0 Å². The Morgan fingerprint density at radius 3 is 2.65 bits per heavy atom. The highest BCUT2D eigenvalue weighted by Crippen LogP contribution is 2.37. The van der Waals surface area contributed by atoms with Crippen LogP contribution in [0.15, 0.2) is 64.6 Å². The Labute approximate surface area is 144 Å². The molecule has 2 heterocycles. The third-order valence-electron chi connectivity index (χ3n) is 3.61. The first kappa shape index (κ1) is 16.1. The summed E-state index contributed by atoms with van der Waals surface area (Å²) in [4.78, 5) is 13.8. The second-order valence-electron chi connectivity index (χ2n) is 5.39. The summed E-state index contributed by atoms with van der Waals surface area (Å²) in [6, 6.07) is 15.8. The van der Waals surface area contributed by atoms with Crippen molar-refractivity contribution in [3.05, 3.63) is 81.9 Å². The van der Waals surface area contributed by atoms with E-state index in [2.05, 4.69) is 11.4 Å². The number of rotatable bonds is 7. The average Bonchev–Trinajstić information content (AvgIpc) is 3.25. The zero-order valence-corrected chi connectivity index (χ0v) is 14.5. The lowest BCUT2D eigenvalue weighted by molar-refractivity contribution is 0.0982. The minimum Gasteiger partial charge on any atom is -0.468 e. The number of furan rings is 1. The number of hydrogen-bond donors (Lipinski definition) is 0. The van der Waals surface area contributed by atoms with Gasteiger partial charge in [-0.25, -0.2) is 0 Å². The Bertz CT molecular complexity index is 728. The van der Waals surface area contributed by atoms with E-state index in [0.29, 0.717) is 6.42 Å². The quantitative estimate of drug-likeness (QED) is 0.501. The molecule has 4 heteroatoms. The van der Waals surface area contributed by atoms with Crippen LogP contribution in [0.2, 0.25) is 0 Å². The molecule has 23 heavy (non-hydrogen) atoms.